The van der Waals surface area contributed by atoms with E-state index in [9.17, 15) is 9.59 Å². The Balaban J connectivity index is 2.42. The molecule has 0 spiro atoms. The molecular weight excluding hydrogens is 368 g/mol. The van der Waals surface area contributed by atoms with Crippen LogP contribution < -0.4 is 5.19 Å². The highest BCUT2D eigenvalue weighted by Crippen LogP contribution is 2.38. The first kappa shape index (κ1) is 21.9. The maximum atomic E-state index is 12.5. The number of benzene rings is 2. The van der Waals surface area contributed by atoms with Gasteiger partial charge < -0.3 is 9.47 Å². The molecule has 0 bridgehead atoms. The maximum Gasteiger partial charge on any atom is 0.320 e. The molecule has 150 valence electrons. The molecule has 0 radical (unpaired) electrons. The SMILES string of the molecule is COC(=O)C(C(=O)OC)[C@@H](C[C@H](C)[Si](C)(C)c1ccccc1)c1ccccc1. The summed E-state index contributed by atoms with van der Waals surface area (Å²) in [6.45, 7) is 6.89. The van der Waals surface area contributed by atoms with Crippen LogP contribution in [0.2, 0.25) is 18.6 Å². The molecule has 28 heavy (non-hydrogen) atoms. The predicted octanol–water partition coefficient (Wildman–Crippen LogP) is 4.13. The van der Waals surface area contributed by atoms with Crippen molar-refractivity contribution in [2.24, 2.45) is 5.92 Å². The topological polar surface area (TPSA) is 52.6 Å². The molecule has 2 aromatic rings. The number of carbonyl (C=O) groups is 2. The molecule has 0 saturated carbocycles. The van der Waals surface area contributed by atoms with Gasteiger partial charge >= 0.3 is 11.9 Å². The van der Waals surface area contributed by atoms with Gasteiger partial charge in [-0.25, -0.2) is 0 Å². The Morgan fingerprint density at radius 2 is 1.32 bits per heavy atom. The molecule has 5 heteroatoms. The van der Waals surface area contributed by atoms with Crippen molar-refractivity contribution < 1.29 is 19.1 Å². The second-order valence-corrected chi connectivity index (χ2v) is 12.8. The van der Waals surface area contributed by atoms with Crippen molar-refractivity contribution in [1.29, 1.82) is 0 Å². The molecule has 0 aliphatic carbocycles. The molecule has 0 aliphatic rings. The number of esters is 2. The molecule has 0 aromatic heterocycles. The summed E-state index contributed by atoms with van der Waals surface area (Å²) in [6, 6.07) is 20.2. The van der Waals surface area contributed by atoms with Gasteiger partial charge in [0.1, 0.15) is 0 Å². The number of hydrogen-bond acceptors (Lipinski definition) is 4. The maximum absolute atomic E-state index is 12.5. The fraction of sp³-hybridized carbons (Fsp3) is 0.391. The molecule has 4 nitrogen and oxygen atoms in total. The van der Waals surface area contributed by atoms with Gasteiger partial charge in [0.2, 0.25) is 0 Å². The number of methoxy groups -OCH3 is 2. The average molecular weight is 399 g/mol. The zero-order chi connectivity index (χ0) is 20.7. The van der Waals surface area contributed by atoms with Gasteiger partial charge in [0.25, 0.3) is 0 Å². The van der Waals surface area contributed by atoms with Gasteiger partial charge in [-0.1, -0.05) is 85.9 Å². The van der Waals surface area contributed by atoms with Crippen LogP contribution in [0.15, 0.2) is 60.7 Å². The Bertz CT molecular complexity index is 758. The minimum absolute atomic E-state index is 0.299. The zero-order valence-electron chi connectivity index (χ0n) is 17.3. The van der Waals surface area contributed by atoms with Crippen molar-refractivity contribution in [3.05, 3.63) is 66.2 Å². The number of ether oxygens (including phenoxy) is 2. The fourth-order valence-electron chi connectivity index (χ4n) is 3.67. The van der Waals surface area contributed by atoms with E-state index in [1.807, 2.05) is 36.4 Å². The van der Waals surface area contributed by atoms with Crippen molar-refractivity contribution in [3.63, 3.8) is 0 Å². The van der Waals surface area contributed by atoms with Gasteiger partial charge in [-0.05, 0) is 17.5 Å². The van der Waals surface area contributed by atoms with E-state index in [4.69, 9.17) is 9.47 Å². The van der Waals surface area contributed by atoms with Crippen LogP contribution >= 0.6 is 0 Å². The minimum Gasteiger partial charge on any atom is -0.468 e. The lowest BCUT2D eigenvalue weighted by Gasteiger charge is -2.34. The third-order valence-electron chi connectivity index (χ3n) is 5.90. The molecule has 2 atom stereocenters. The van der Waals surface area contributed by atoms with Crippen LogP contribution in [-0.4, -0.2) is 34.2 Å². The van der Waals surface area contributed by atoms with Crippen molar-refractivity contribution in [3.8, 4) is 0 Å². The van der Waals surface area contributed by atoms with Gasteiger partial charge in [0.05, 0.1) is 22.3 Å². The number of rotatable bonds is 8. The summed E-state index contributed by atoms with van der Waals surface area (Å²) in [6.07, 6.45) is 0.701. The molecule has 0 aliphatic heterocycles. The fourth-order valence-corrected chi connectivity index (χ4v) is 6.14. The lowest BCUT2D eigenvalue weighted by Crippen LogP contribution is -2.46. The monoisotopic (exact) mass is 398 g/mol. The zero-order valence-corrected chi connectivity index (χ0v) is 18.3. The van der Waals surface area contributed by atoms with E-state index < -0.39 is 25.9 Å². The summed E-state index contributed by atoms with van der Waals surface area (Å²) in [5.41, 5.74) is 1.28. The van der Waals surface area contributed by atoms with E-state index in [0.29, 0.717) is 12.0 Å². The van der Waals surface area contributed by atoms with Crippen molar-refractivity contribution in [2.45, 2.75) is 37.9 Å². The molecule has 0 amide bonds. The molecular formula is C23H30O4Si. The van der Waals surface area contributed by atoms with Crippen LogP contribution in [0.1, 0.15) is 24.8 Å². The third-order valence-corrected chi connectivity index (χ3v) is 10.4. The number of carbonyl (C=O) groups excluding carboxylic acids is 2. The minimum atomic E-state index is -1.82. The molecule has 0 unspecified atom stereocenters. The van der Waals surface area contributed by atoms with Crippen LogP contribution in [0.5, 0.6) is 0 Å². The molecule has 2 rings (SSSR count). The lowest BCUT2D eigenvalue weighted by atomic mass is 9.82. The summed E-state index contributed by atoms with van der Waals surface area (Å²) in [5, 5.41) is 1.36. The van der Waals surface area contributed by atoms with Crippen LogP contribution in [0, 0.1) is 5.92 Å². The van der Waals surface area contributed by atoms with Crippen LogP contribution in [-0.2, 0) is 19.1 Å². The van der Waals surface area contributed by atoms with E-state index in [2.05, 4.69) is 44.3 Å². The summed E-state index contributed by atoms with van der Waals surface area (Å²) in [7, 11) is 0.805. The van der Waals surface area contributed by atoms with Crippen LogP contribution in [0.4, 0.5) is 0 Å². The van der Waals surface area contributed by atoms with Gasteiger partial charge in [-0.3, -0.25) is 9.59 Å². The molecule has 2 aromatic carbocycles. The highest BCUT2D eigenvalue weighted by Gasteiger charge is 2.41. The largest absolute Gasteiger partial charge is 0.468 e. The summed E-state index contributed by atoms with van der Waals surface area (Å²) in [4.78, 5) is 25.0. The summed E-state index contributed by atoms with van der Waals surface area (Å²) in [5.74, 6) is -2.37. The molecule has 0 fully saturated rings. The second-order valence-electron chi connectivity index (χ2n) is 7.77. The Morgan fingerprint density at radius 1 is 0.857 bits per heavy atom. The van der Waals surface area contributed by atoms with E-state index in [1.165, 1.54) is 19.4 Å². The Kier molecular flexibility index (Phi) is 7.58. The molecule has 0 heterocycles. The van der Waals surface area contributed by atoms with Crippen molar-refractivity contribution in [1.82, 2.24) is 0 Å². The van der Waals surface area contributed by atoms with Gasteiger partial charge in [0.15, 0.2) is 5.92 Å². The highest BCUT2D eigenvalue weighted by atomic mass is 28.3. The van der Waals surface area contributed by atoms with Gasteiger partial charge in [-0.2, -0.15) is 0 Å². The van der Waals surface area contributed by atoms with Crippen molar-refractivity contribution in [2.75, 3.05) is 14.2 Å². The average Bonchev–Trinajstić information content (AvgIpc) is 2.73. The first-order valence-electron chi connectivity index (χ1n) is 9.59. The van der Waals surface area contributed by atoms with E-state index in [-0.39, 0.29) is 5.92 Å². The third kappa shape index (κ3) is 4.90. The number of hydrogen-bond donors (Lipinski definition) is 0. The first-order chi connectivity index (χ1) is 13.3. The normalized spacial score (nSPS) is 13.6. The second kappa shape index (κ2) is 9.69. The van der Waals surface area contributed by atoms with Crippen molar-refractivity contribution >= 4 is 25.2 Å². The molecule has 0 N–H and O–H groups in total. The van der Waals surface area contributed by atoms with E-state index in [0.717, 1.165) is 5.56 Å². The van der Waals surface area contributed by atoms with Crippen LogP contribution in [0.3, 0.4) is 0 Å². The quantitative estimate of drug-likeness (QED) is 0.381. The van der Waals surface area contributed by atoms with Gasteiger partial charge in [-0.15, -0.1) is 0 Å². The van der Waals surface area contributed by atoms with Gasteiger partial charge in [0, 0.05) is 5.92 Å². The highest BCUT2D eigenvalue weighted by molar-refractivity contribution is 6.90. The molecule has 0 saturated heterocycles. The predicted molar refractivity (Wildman–Crippen MR) is 114 cm³/mol. The first-order valence-corrected chi connectivity index (χ1v) is 12.7. The van der Waals surface area contributed by atoms with Crippen LogP contribution in [0.25, 0.3) is 0 Å². The van der Waals surface area contributed by atoms with E-state index >= 15 is 0 Å². The Labute approximate surface area is 168 Å². The lowest BCUT2D eigenvalue weighted by molar-refractivity contribution is -0.160. The Morgan fingerprint density at radius 3 is 1.79 bits per heavy atom. The smallest absolute Gasteiger partial charge is 0.320 e. The Hall–Kier alpha value is -2.40. The summed E-state index contributed by atoms with van der Waals surface area (Å²) >= 11 is 0. The summed E-state index contributed by atoms with van der Waals surface area (Å²) < 4.78 is 9.92. The standard InChI is InChI=1S/C23H30O4Si/c1-17(28(4,5)19-14-10-7-11-15-19)16-20(18-12-8-6-9-13-18)21(22(24)26-2)23(25)27-3/h6-15,17,20-21H,16H2,1-5H3/t17-,20-/m0/s1. The van der Waals surface area contributed by atoms with E-state index in [1.54, 1.807) is 0 Å².